The van der Waals surface area contributed by atoms with Crippen LogP contribution < -0.4 is 10.5 Å². The summed E-state index contributed by atoms with van der Waals surface area (Å²) >= 11 is 0. The van der Waals surface area contributed by atoms with Crippen LogP contribution in [0.1, 0.15) is 26.1 Å². The van der Waals surface area contributed by atoms with Gasteiger partial charge in [-0.25, -0.2) is 4.39 Å². The van der Waals surface area contributed by atoms with Crippen LogP contribution in [0.25, 0.3) is 11.4 Å². The molecule has 3 rings (SSSR count). The van der Waals surface area contributed by atoms with Crippen LogP contribution in [0.2, 0.25) is 0 Å². The molecule has 0 saturated carbocycles. The molecule has 0 aliphatic carbocycles. The molecule has 1 aliphatic rings. The van der Waals surface area contributed by atoms with Crippen molar-refractivity contribution in [2.75, 3.05) is 12.3 Å². The fourth-order valence-corrected chi connectivity index (χ4v) is 2.58. The van der Waals surface area contributed by atoms with E-state index in [9.17, 15) is 4.39 Å². The molecule has 2 heterocycles. The number of halogens is 1. The maximum Gasteiger partial charge on any atom is 0.164 e. The highest BCUT2D eigenvalue weighted by molar-refractivity contribution is 5.66. The van der Waals surface area contributed by atoms with Crippen LogP contribution in [-0.4, -0.2) is 27.5 Å². The standard InChI is InChI=1S/C16H21FN4O/c1-10(2)9-22-14-5-3-11(7-13(14)18)16-20-19-15-6-4-12(17)8-21(15)16/h3,5,7,10,12H,4,6,8-9,18H2,1-2H3. The molecule has 2 N–H and O–H groups in total. The molecule has 0 radical (unpaired) electrons. The van der Waals surface area contributed by atoms with Crippen molar-refractivity contribution in [1.82, 2.24) is 14.8 Å². The number of benzene rings is 1. The van der Waals surface area contributed by atoms with Crippen LogP contribution >= 0.6 is 0 Å². The summed E-state index contributed by atoms with van der Waals surface area (Å²) in [5, 5.41) is 8.35. The Hall–Kier alpha value is -2.11. The minimum atomic E-state index is -0.840. The average molecular weight is 304 g/mol. The SMILES string of the molecule is CC(C)COc1ccc(-c2nnc3n2CC(F)CC3)cc1N. The van der Waals surface area contributed by atoms with Crippen molar-refractivity contribution in [3.63, 3.8) is 0 Å². The highest BCUT2D eigenvalue weighted by atomic mass is 19.1. The lowest BCUT2D eigenvalue weighted by atomic mass is 10.1. The highest BCUT2D eigenvalue weighted by Gasteiger charge is 2.23. The Kier molecular flexibility index (Phi) is 4.00. The van der Waals surface area contributed by atoms with E-state index in [0.717, 1.165) is 11.4 Å². The van der Waals surface area contributed by atoms with Crippen molar-refractivity contribution in [3.8, 4) is 17.1 Å². The van der Waals surface area contributed by atoms with E-state index in [2.05, 4.69) is 24.0 Å². The van der Waals surface area contributed by atoms with Crippen molar-refractivity contribution in [1.29, 1.82) is 0 Å². The quantitative estimate of drug-likeness (QED) is 0.882. The number of hydrogen-bond acceptors (Lipinski definition) is 4. The largest absolute Gasteiger partial charge is 0.491 e. The first-order valence-electron chi connectivity index (χ1n) is 7.63. The molecule has 1 aromatic carbocycles. The van der Waals surface area contributed by atoms with E-state index in [1.54, 1.807) is 0 Å². The lowest BCUT2D eigenvalue weighted by Crippen LogP contribution is -2.21. The summed E-state index contributed by atoms with van der Waals surface area (Å²) in [5.41, 5.74) is 7.45. The van der Waals surface area contributed by atoms with Gasteiger partial charge < -0.3 is 15.0 Å². The van der Waals surface area contributed by atoms with Gasteiger partial charge in [-0.05, 0) is 30.5 Å². The van der Waals surface area contributed by atoms with Crippen molar-refractivity contribution in [2.45, 2.75) is 39.4 Å². The predicted octanol–water partition coefficient (Wildman–Crippen LogP) is 2.85. The van der Waals surface area contributed by atoms with Crippen LogP contribution in [0.4, 0.5) is 10.1 Å². The zero-order valence-electron chi connectivity index (χ0n) is 12.9. The van der Waals surface area contributed by atoms with Gasteiger partial charge in [-0.3, -0.25) is 0 Å². The van der Waals surface area contributed by atoms with E-state index >= 15 is 0 Å². The van der Waals surface area contributed by atoms with E-state index < -0.39 is 6.17 Å². The minimum Gasteiger partial charge on any atom is -0.491 e. The highest BCUT2D eigenvalue weighted by Crippen LogP contribution is 2.30. The zero-order chi connectivity index (χ0) is 15.7. The first-order valence-corrected chi connectivity index (χ1v) is 7.63. The molecule has 1 aromatic heterocycles. The Labute approximate surface area is 129 Å². The van der Waals surface area contributed by atoms with Gasteiger partial charge in [0, 0.05) is 12.0 Å². The molecule has 118 valence electrons. The fourth-order valence-electron chi connectivity index (χ4n) is 2.58. The lowest BCUT2D eigenvalue weighted by molar-refractivity contribution is 0.254. The van der Waals surface area contributed by atoms with Crippen molar-refractivity contribution < 1.29 is 9.13 Å². The van der Waals surface area contributed by atoms with Crippen LogP contribution in [0.15, 0.2) is 18.2 Å². The average Bonchev–Trinajstić information content (AvgIpc) is 2.88. The summed E-state index contributed by atoms with van der Waals surface area (Å²) in [6.07, 6.45) is 0.301. The van der Waals surface area contributed by atoms with Gasteiger partial charge in [0.2, 0.25) is 0 Å². The molecule has 6 heteroatoms. The third-order valence-corrected chi connectivity index (χ3v) is 3.73. The molecule has 0 bridgehead atoms. The van der Waals surface area contributed by atoms with Gasteiger partial charge in [0.15, 0.2) is 5.82 Å². The summed E-state index contributed by atoms with van der Waals surface area (Å²) in [6.45, 7) is 5.09. The topological polar surface area (TPSA) is 66.0 Å². The number of rotatable bonds is 4. The zero-order valence-corrected chi connectivity index (χ0v) is 12.9. The number of aromatic nitrogens is 3. The first-order chi connectivity index (χ1) is 10.5. The first kappa shape index (κ1) is 14.8. The molecule has 22 heavy (non-hydrogen) atoms. The number of hydrogen-bond donors (Lipinski definition) is 1. The molecule has 2 aromatic rings. The van der Waals surface area contributed by atoms with Gasteiger partial charge >= 0.3 is 0 Å². The molecule has 0 amide bonds. The van der Waals surface area contributed by atoms with E-state index in [1.165, 1.54) is 0 Å². The summed E-state index contributed by atoms with van der Waals surface area (Å²) in [6, 6.07) is 5.55. The second-order valence-corrected chi connectivity index (χ2v) is 6.14. The Balaban J connectivity index is 1.87. The third-order valence-electron chi connectivity index (χ3n) is 3.73. The normalized spacial score (nSPS) is 17.5. The number of alkyl halides is 1. The molecule has 1 aliphatic heterocycles. The van der Waals surface area contributed by atoms with E-state index in [-0.39, 0.29) is 0 Å². The summed E-state index contributed by atoms with van der Waals surface area (Å²) in [4.78, 5) is 0. The Morgan fingerprint density at radius 1 is 1.41 bits per heavy atom. The molecule has 1 unspecified atom stereocenters. The summed E-state index contributed by atoms with van der Waals surface area (Å²) in [7, 11) is 0. The predicted molar refractivity (Wildman–Crippen MR) is 83.4 cm³/mol. The molecular weight excluding hydrogens is 283 g/mol. The minimum absolute atomic E-state index is 0.309. The van der Waals surface area contributed by atoms with Crippen molar-refractivity contribution in [3.05, 3.63) is 24.0 Å². The lowest BCUT2D eigenvalue weighted by Gasteiger charge is -2.18. The van der Waals surface area contributed by atoms with Crippen LogP contribution in [0, 0.1) is 5.92 Å². The smallest absolute Gasteiger partial charge is 0.164 e. The van der Waals surface area contributed by atoms with Crippen LogP contribution in [0.3, 0.4) is 0 Å². The van der Waals surface area contributed by atoms with Gasteiger partial charge in [0.1, 0.15) is 17.7 Å². The van der Waals surface area contributed by atoms with Crippen molar-refractivity contribution >= 4 is 5.69 Å². The number of ether oxygens (including phenoxy) is 1. The van der Waals surface area contributed by atoms with E-state index in [4.69, 9.17) is 10.5 Å². The molecule has 5 nitrogen and oxygen atoms in total. The summed E-state index contributed by atoms with van der Waals surface area (Å²) < 4.78 is 21.2. The van der Waals surface area contributed by atoms with Gasteiger partial charge in [-0.15, -0.1) is 10.2 Å². The van der Waals surface area contributed by atoms with Gasteiger partial charge in [0.05, 0.1) is 18.8 Å². The van der Waals surface area contributed by atoms with Crippen molar-refractivity contribution in [2.24, 2.45) is 5.92 Å². The van der Waals surface area contributed by atoms with E-state index in [0.29, 0.717) is 49.2 Å². The molecule has 1 atom stereocenters. The Morgan fingerprint density at radius 3 is 2.95 bits per heavy atom. The number of aryl methyl sites for hydroxylation is 1. The number of nitrogen functional groups attached to an aromatic ring is 1. The van der Waals surface area contributed by atoms with Crippen LogP contribution in [0.5, 0.6) is 5.75 Å². The number of nitrogens with zero attached hydrogens (tertiary/aromatic N) is 3. The Bertz CT molecular complexity index is 668. The van der Waals surface area contributed by atoms with Gasteiger partial charge in [0.25, 0.3) is 0 Å². The maximum absolute atomic E-state index is 13.6. The monoisotopic (exact) mass is 304 g/mol. The number of nitrogens with two attached hydrogens (primary N) is 1. The number of anilines is 1. The van der Waals surface area contributed by atoms with Gasteiger partial charge in [-0.1, -0.05) is 13.8 Å². The molecule has 0 saturated heterocycles. The Morgan fingerprint density at radius 2 is 2.23 bits per heavy atom. The molecule has 0 spiro atoms. The second kappa shape index (κ2) is 5.94. The second-order valence-electron chi connectivity index (χ2n) is 6.14. The third kappa shape index (κ3) is 2.91. The fraction of sp³-hybridized carbons (Fsp3) is 0.500. The van der Waals surface area contributed by atoms with E-state index in [1.807, 2.05) is 22.8 Å². The van der Waals surface area contributed by atoms with Gasteiger partial charge in [-0.2, -0.15) is 0 Å². The number of fused-ring (bicyclic) bond motifs is 1. The molecule has 0 fully saturated rings. The summed E-state index contributed by atoms with van der Waals surface area (Å²) in [5.74, 6) is 2.60. The maximum atomic E-state index is 13.6. The van der Waals surface area contributed by atoms with Crippen LogP contribution in [-0.2, 0) is 13.0 Å². The molecular formula is C16H21FN4O.